The van der Waals surface area contributed by atoms with Crippen LogP contribution in [0.2, 0.25) is 0 Å². The van der Waals surface area contributed by atoms with E-state index in [0.29, 0.717) is 5.57 Å². The fourth-order valence-corrected chi connectivity index (χ4v) is 6.64. The molecule has 2 bridgehead atoms. The molecule has 2 aliphatic heterocycles. The number of esters is 1. The molecule has 4 heteroatoms. The summed E-state index contributed by atoms with van der Waals surface area (Å²) in [6.45, 7) is 14.2. The number of ketones is 1. The van der Waals surface area contributed by atoms with E-state index in [2.05, 4.69) is 13.5 Å². The van der Waals surface area contributed by atoms with Crippen LogP contribution in [-0.2, 0) is 19.1 Å². The zero-order valence-electron chi connectivity index (χ0n) is 15.1. The monoisotopic (exact) mass is 330 g/mol. The van der Waals surface area contributed by atoms with Crippen LogP contribution in [0, 0.1) is 28.6 Å². The van der Waals surface area contributed by atoms with Gasteiger partial charge in [-0.15, -0.1) is 6.58 Å². The Morgan fingerprint density at radius 2 is 1.88 bits per heavy atom. The smallest absolute Gasteiger partial charge is 0.336 e. The first-order chi connectivity index (χ1) is 11.1. The Kier molecular flexibility index (Phi) is 2.95. The largest absolute Gasteiger partial charge is 0.455 e. The van der Waals surface area contributed by atoms with Crippen molar-refractivity contribution >= 4 is 11.8 Å². The van der Waals surface area contributed by atoms with Crippen molar-refractivity contribution in [3.8, 4) is 0 Å². The molecule has 2 heterocycles. The van der Waals surface area contributed by atoms with Crippen molar-refractivity contribution in [3.05, 3.63) is 24.3 Å². The summed E-state index contributed by atoms with van der Waals surface area (Å²) in [5, 5.41) is 0. The van der Waals surface area contributed by atoms with Gasteiger partial charge in [-0.2, -0.15) is 0 Å². The van der Waals surface area contributed by atoms with Crippen LogP contribution in [0.1, 0.15) is 41.0 Å². The first-order valence-corrected chi connectivity index (χ1v) is 8.84. The number of hydrogen-bond donors (Lipinski definition) is 0. The highest BCUT2D eigenvalue weighted by Gasteiger charge is 2.77. The molecule has 4 nitrogen and oxygen atoms in total. The number of rotatable bonds is 1. The molecule has 0 aromatic carbocycles. The van der Waals surface area contributed by atoms with Gasteiger partial charge in [0.05, 0.1) is 11.2 Å². The molecule has 4 fully saturated rings. The average Bonchev–Trinajstić information content (AvgIpc) is 3.00. The minimum Gasteiger partial charge on any atom is -0.455 e. The average molecular weight is 330 g/mol. The van der Waals surface area contributed by atoms with Crippen molar-refractivity contribution in [1.29, 1.82) is 0 Å². The number of carbonyl (C=O) groups is 2. The molecule has 0 radical (unpaired) electrons. The first kappa shape index (κ1) is 16.1. The molecular formula is C20H26O4. The normalized spacial score (nSPS) is 53.0. The third-order valence-electron chi connectivity index (χ3n) is 7.44. The minimum absolute atomic E-state index is 0.00937. The van der Waals surface area contributed by atoms with E-state index in [1.807, 2.05) is 33.8 Å². The van der Waals surface area contributed by atoms with Gasteiger partial charge in [-0.25, -0.2) is 4.79 Å². The molecule has 7 atom stereocenters. The van der Waals surface area contributed by atoms with Gasteiger partial charge in [-0.05, 0) is 31.6 Å². The maximum absolute atomic E-state index is 13.2. The van der Waals surface area contributed by atoms with E-state index in [1.165, 1.54) is 0 Å². The Morgan fingerprint density at radius 3 is 2.46 bits per heavy atom. The van der Waals surface area contributed by atoms with Crippen LogP contribution in [0.25, 0.3) is 0 Å². The van der Waals surface area contributed by atoms with E-state index in [1.54, 1.807) is 6.08 Å². The number of carbonyl (C=O) groups excluding carboxylic acids is 2. The van der Waals surface area contributed by atoms with Crippen LogP contribution < -0.4 is 0 Å². The van der Waals surface area contributed by atoms with Crippen molar-refractivity contribution in [2.45, 2.75) is 58.8 Å². The topological polar surface area (TPSA) is 52.6 Å². The lowest BCUT2D eigenvalue weighted by molar-refractivity contribution is -0.148. The van der Waals surface area contributed by atoms with E-state index >= 15 is 0 Å². The molecule has 130 valence electrons. The number of allylic oxidation sites excluding steroid dienone is 2. The van der Waals surface area contributed by atoms with Gasteiger partial charge >= 0.3 is 5.97 Å². The fraction of sp³-hybridized carbons (Fsp3) is 0.700. The Hall–Kier alpha value is -1.42. The van der Waals surface area contributed by atoms with Crippen molar-refractivity contribution in [2.24, 2.45) is 28.6 Å². The maximum Gasteiger partial charge on any atom is 0.336 e. The number of hydrogen-bond acceptors (Lipinski definition) is 4. The van der Waals surface area contributed by atoms with E-state index in [4.69, 9.17) is 9.47 Å². The Bertz CT molecular complexity index is 690. The van der Waals surface area contributed by atoms with Crippen molar-refractivity contribution in [3.63, 3.8) is 0 Å². The summed E-state index contributed by atoms with van der Waals surface area (Å²) in [7, 11) is 0. The summed E-state index contributed by atoms with van der Waals surface area (Å²) in [6.07, 6.45) is 3.85. The highest BCUT2D eigenvalue weighted by atomic mass is 16.6. The summed E-state index contributed by atoms with van der Waals surface area (Å²) in [5.74, 6) is -0.129. The summed E-state index contributed by atoms with van der Waals surface area (Å²) < 4.78 is 12.2. The summed E-state index contributed by atoms with van der Waals surface area (Å²) >= 11 is 0. The minimum atomic E-state index is -0.578. The zero-order chi connectivity index (χ0) is 17.7. The van der Waals surface area contributed by atoms with E-state index in [9.17, 15) is 9.59 Å². The van der Waals surface area contributed by atoms with Crippen LogP contribution in [0.15, 0.2) is 24.3 Å². The quantitative estimate of drug-likeness (QED) is 0.421. The van der Waals surface area contributed by atoms with Crippen molar-refractivity contribution in [2.75, 3.05) is 0 Å². The molecule has 2 aliphatic carbocycles. The van der Waals surface area contributed by atoms with Crippen LogP contribution in [0.3, 0.4) is 0 Å². The first-order valence-electron chi connectivity index (χ1n) is 8.84. The maximum atomic E-state index is 13.2. The molecule has 0 spiro atoms. The fourth-order valence-electron chi connectivity index (χ4n) is 6.64. The molecule has 0 aromatic rings. The lowest BCUT2D eigenvalue weighted by Crippen LogP contribution is -2.50. The lowest BCUT2D eigenvalue weighted by Gasteiger charge is -2.48. The SMILES string of the molecule is C=C[C@H]1C(C)(C)C(=O)[C@@H]2C[C@@]1(C)[C@@H]1[C@H]3OC(=O)/C(=C/C)[C@H]3O[C@]21C. The standard InChI is InChI=1S/C20H26O4/c1-7-10-13-14(23-17(10)22)15-19(5)9-11(20(15,6)24-13)16(21)18(3,4)12(19)8-2/h7-8,11-15H,2,9H2,1,3-6H3/b10-7+/t11-,12-,13+,14-,15-,19+,20+/m0/s1. The molecule has 4 aliphatic rings. The number of fused-ring (bicyclic) bond motifs is 7. The van der Waals surface area contributed by atoms with Gasteiger partial charge in [0.2, 0.25) is 0 Å². The molecule has 24 heavy (non-hydrogen) atoms. The van der Waals surface area contributed by atoms with Gasteiger partial charge in [-0.3, -0.25) is 4.79 Å². The van der Waals surface area contributed by atoms with Crippen LogP contribution in [-0.4, -0.2) is 29.6 Å². The highest BCUT2D eigenvalue weighted by molar-refractivity contribution is 5.93. The van der Waals surface area contributed by atoms with Crippen LogP contribution >= 0.6 is 0 Å². The predicted molar refractivity (Wildman–Crippen MR) is 89.1 cm³/mol. The van der Waals surface area contributed by atoms with Gasteiger partial charge in [-0.1, -0.05) is 32.9 Å². The molecular weight excluding hydrogens is 304 g/mol. The van der Waals surface area contributed by atoms with Crippen LogP contribution in [0.5, 0.6) is 0 Å². The van der Waals surface area contributed by atoms with Gasteiger partial charge in [0.15, 0.2) is 0 Å². The predicted octanol–water partition coefficient (Wildman–Crippen LogP) is 3.07. The molecule has 2 saturated carbocycles. The molecule has 0 aromatic heterocycles. The molecule has 0 amide bonds. The Balaban J connectivity index is 1.89. The van der Waals surface area contributed by atoms with Gasteiger partial charge in [0.1, 0.15) is 18.0 Å². The van der Waals surface area contributed by atoms with E-state index in [-0.39, 0.29) is 47.1 Å². The second kappa shape index (κ2) is 4.40. The summed E-state index contributed by atoms with van der Waals surface area (Å²) in [4.78, 5) is 25.4. The molecule has 4 rings (SSSR count). The Labute approximate surface area is 143 Å². The zero-order valence-corrected chi connectivity index (χ0v) is 15.1. The molecule has 0 N–H and O–H groups in total. The second-order valence-electron chi connectivity index (χ2n) is 8.88. The molecule has 2 saturated heterocycles. The summed E-state index contributed by atoms with van der Waals surface area (Å²) in [6, 6.07) is 0. The third kappa shape index (κ3) is 1.50. The Morgan fingerprint density at radius 1 is 1.21 bits per heavy atom. The van der Waals surface area contributed by atoms with Crippen molar-refractivity contribution < 1.29 is 19.1 Å². The van der Waals surface area contributed by atoms with E-state index < -0.39 is 11.0 Å². The third-order valence-corrected chi connectivity index (χ3v) is 7.44. The van der Waals surface area contributed by atoms with Gasteiger partial charge in [0, 0.05) is 17.3 Å². The van der Waals surface area contributed by atoms with Crippen molar-refractivity contribution in [1.82, 2.24) is 0 Å². The molecule has 0 unspecified atom stereocenters. The van der Waals surface area contributed by atoms with E-state index in [0.717, 1.165) is 6.42 Å². The van der Waals surface area contributed by atoms with Gasteiger partial charge in [0.25, 0.3) is 0 Å². The summed E-state index contributed by atoms with van der Waals surface area (Å²) in [5.41, 5.74) is -0.622. The number of Topliss-reactive ketones (excluding diaryl/α,β-unsaturated/α-hetero) is 1. The van der Waals surface area contributed by atoms with Gasteiger partial charge < -0.3 is 9.47 Å². The highest BCUT2D eigenvalue weighted by Crippen LogP contribution is 2.71. The second-order valence-corrected chi connectivity index (χ2v) is 8.88. The number of ether oxygens (including phenoxy) is 2. The lowest BCUT2D eigenvalue weighted by atomic mass is 9.54. The van der Waals surface area contributed by atoms with Crippen LogP contribution in [0.4, 0.5) is 0 Å².